The standard InChI is InChI=1S/C16H14F2N4/c17-13-7-1-4-10(15(13)18)11-5-2-8-14-12(6-3-9-20-14)16(11)21-22-19/h1,3-4,6-7,9,11,16H,2,5,8H2/t11-,16-/m0/s1. The van der Waals surface area contributed by atoms with Crippen molar-refractivity contribution in [2.45, 2.75) is 31.2 Å². The van der Waals surface area contributed by atoms with Gasteiger partial charge in [0.2, 0.25) is 0 Å². The van der Waals surface area contributed by atoms with E-state index in [1.54, 1.807) is 18.3 Å². The van der Waals surface area contributed by atoms with E-state index in [4.69, 9.17) is 5.53 Å². The Kier molecular flexibility index (Phi) is 4.02. The van der Waals surface area contributed by atoms with Crippen LogP contribution in [0, 0.1) is 11.6 Å². The summed E-state index contributed by atoms with van der Waals surface area (Å²) in [5.41, 5.74) is 10.8. The number of nitrogens with zero attached hydrogens (tertiary/aromatic N) is 4. The van der Waals surface area contributed by atoms with Crippen molar-refractivity contribution in [3.8, 4) is 0 Å². The Balaban J connectivity index is 2.14. The highest BCUT2D eigenvalue weighted by molar-refractivity contribution is 5.33. The quantitative estimate of drug-likeness (QED) is 0.339. The smallest absolute Gasteiger partial charge is 0.162 e. The van der Waals surface area contributed by atoms with Gasteiger partial charge in [0.05, 0.1) is 6.04 Å². The Labute approximate surface area is 126 Å². The normalized spacial score (nSPS) is 20.6. The van der Waals surface area contributed by atoms with E-state index in [0.29, 0.717) is 6.42 Å². The van der Waals surface area contributed by atoms with E-state index in [0.717, 1.165) is 30.2 Å². The fourth-order valence-corrected chi connectivity index (χ4v) is 3.12. The summed E-state index contributed by atoms with van der Waals surface area (Å²) < 4.78 is 27.7. The topological polar surface area (TPSA) is 61.7 Å². The van der Waals surface area contributed by atoms with Gasteiger partial charge in [-0.2, -0.15) is 0 Å². The number of halogens is 2. The number of pyridine rings is 1. The van der Waals surface area contributed by atoms with Gasteiger partial charge in [0.15, 0.2) is 11.6 Å². The number of azide groups is 1. The second-order valence-electron chi connectivity index (χ2n) is 5.33. The van der Waals surface area contributed by atoms with Gasteiger partial charge in [-0.15, -0.1) is 0 Å². The molecule has 1 heterocycles. The van der Waals surface area contributed by atoms with Gasteiger partial charge >= 0.3 is 0 Å². The van der Waals surface area contributed by atoms with Gasteiger partial charge in [0.25, 0.3) is 0 Å². The van der Waals surface area contributed by atoms with Gasteiger partial charge in [-0.3, -0.25) is 4.98 Å². The Morgan fingerprint density at radius 2 is 2.00 bits per heavy atom. The maximum Gasteiger partial charge on any atom is 0.162 e. The highest BCUT2D eigenvalue weighted by atomic mass is 19.2. The summed E-state index contributed by atoms with van der Waals surface area (Å²) in [5.74, 6) is -2.14. The lowest BCUT2D eigenvalue weighted by Gasteiger charge is -2.23. The summed E-state index contributed by atoms with van der Waals surface area (Å²) in [6.07, 6.45) is 3.82. The molecular weight excluding hydrogens is 286 g/mol. The van der Waals surface area contributed by atoms with Crippen LogP contribution in [0.1, 0.15) is 41.6 Å². The monoisotopic (exact) mass is 300 g/mol. The predicted octanol–water partition coefficient (Wildman–Crippen LogP) is 4.83. The number of benzene rings is 1. The maximum absolute atomic E-state index is 14.2. The molecule has 0 radical (unpaired) electrons. The molecule has 4 nitrogen and oxygen atoms in total. The average molecular weight is 300 g/mol. The molecule has 0 aliphatic heterocycles. The summed E-state index contributed by atoms with van der Waals surface area (Å²) in [6.45, 7) is 0. The van der Waals surface area contributed by atoms with Gasteiger partial charge < -0.3 is 0 Å². The number of fused-ring (bicyclic) bond motifs is 1. The largest absolute Gasteiger partial charge is 0.261 e. The van der Waals surface area contributed by atoms with Gasteiger partial charge in [-0.1, -0.05) is 23.3 Å². The summed E-state index contributed by atoms with van der Waals surface area (Å²) in [6, 6.07) is 7.17. The molecule has 0 saturated heterocycles. The van der Waals surface area contributed by atoms with Gasteiger partial charge in [0.1, 0.15) is 0 Å². The minimum Gasteiger partial charge on any atom is -0.261 e. The first kappa shape index (κ1) is 14.5. The van der Waals surface area contributed by atoms with E-state index in [1.165, 1.54) is 6.07 Å². The van der Waals surface area contributed by atoms with Gasteiger partial charge in [-0.05, 0) is 54.0 Å². The number of hydrogen-bond donors (Lipinski definition) is 0. The van der Waals surface area contributed by atoms with E-state index in [1.807, 2.05) is 6.07 Å². The lowest BCUT2D eigenvalue weighted by atomic mass is 9.86. The third-order valence-corrected chi connectivity index (χ3v) is 4.11. The Morgan fingerprint density at radius 1 is 1.18 bits per heavy atom. The number of aromatic nitrogens is 1. The van der Waals surface area contributed by atoms with Crippen LogP contribution in [0.25, 0.3) is 10.4 Å². The second-order valence-corrected chi connectivity index (χ2v) is 5.33. The van der Waals surface area contributed by atoms with Crippen LogP contribution in [0.15, 0.2) is 41.6 Å². The molecule has 22 heavy (non-hydrogen) atoms. The molecule has 1 aliphatic rings. The first-order valence-corrected chi connectivity index (χ1v) is 7.14. The molecule has 2 aromatic rings. The first-order valence-electron chi connectivity index (χ1n) is 7.14. The molecule has 0 bridgehead atoms. The third kappa shape index (κ3) is 2.53. The highest BCUT2D eigenvalue weighted by Gasteiger charge is 2.31. The van der Waals surface area contributed by atoms with Crippen LogP contribution in [0.4, 0.5) is 8.78 Å². The van der Waals surface area contributed by atoms with Crippen molar-refractivity contribution in [3.63, 3.8) is 0 Å². The predicted molar refractivity (Wildman–Crippen MR) is 78.2 cm³/mol. The van der Waals surface area contributed by atoms with Crippen molar-refractivity contribution in [2.24, 2.45) is 5.11 Å². The van der Waals surface area contributed by atoms with Crippen LogP contribution < -0.4 is 0 Å². The summed E-state index contributed by atoms with van der Waals surface area (Å²) >= 11 is 0. The minimum absolute atomic E-state index is 0.258. The highest BCUT2D eigenvalue weighted by Crippen LogP contribution is 2.42. The van der Waals surface area contributed by atoms with Crippen LogP contribution in [-0.2, 0) is 6.42 Å². The lowest BCUT2D eigenvalue weighted by Crippen LogP contribution is -2.11. The third-order valence-electron chi connectivity index (χ3n) is 4.11. The molecule has 0 N–H and O–H groups in total. The zero-order valence-corrected chi connectivity index (χ0v) is 11.8. The molecule has 3 rings (SSSR count). The molecule has 0 fully saturated rings. The Morgan fingerprint density at radius 3 is 2.82 bits per heavy atom. The molecule has 2 atom stereocenters. The number of aryl methyl sites for hydroxylation is 1. The molecule has 112 valence electrons. The molecule has 1 aromatic heterocycles. The van der Waals surface area contributed by atoms with Crippen molar-refractivity contribution < 1.29 is 8.78 Å². The van der Waals surface area contributed by atoms with Crippen LogP contribution in [0.3, 0.4) is 0 Å². The zero-order valence-electron chi connectivity index (χ0n) is 11.8. The van der Waals surface area contributed by atoms with E-state index >= 15 is 0 Å². The molecule has 6 heteroatoms. The number of rotatable bonds is 2. The van der Waals surface area contributed by atoms with E-state index < -0.39 is 23.6 Å². The molecule has 0 spiro atoms. The fraction of sp³-hybridized carbons (Fsp3) is 0.312. The van der Waals surface area contributed by atoms with E-state index in [2.05, 4.69) is 15.0 Å². The van der Waals surface area contributed by atoms with Crippen molar-refractivity contribution in [3.05, 3.63) is 75.4 Å². The second kappa shape index (κ2) is 6.12. The lowest BCUT2D eigenvalue weighted by molar-refractivity contribution is 0.455. The van der Waals surface area contributed by atoms with Crippen LogP contribution in [0.5, 0.6) is 0 Å². The van der Waals surface area contributed by atoms with Gasteiger partial charge in [-0.25, -0.2) is 8.78 Å². The van der Waals surface area contributed by atoms with Crippen LogP contribution in [0.2, 0.25) is 0 Å². The van der Waals surface area contributed by atoms with Crippen molar-refractivity contribution >= 4 is 0 Å². The molecule has 1 aliphatic carbocycles. The molecule has 0 unspecified atom stereocenters. The van der Waals surface area contributed by atoms with Gasteiger partial charge in [0, 0.05) is 16.8 Å². The van der Waals surface area contributed by atoms with E-state index in [-0.39, 0.29) is 5.56 Å². The molecule has 1 aromatic carbocycles. The molecule has 0 saturated carbocycles. The molecule has 0 amide bonds. The fourth-order valence-electron chi connectivity index (χ4n) is 3.12. The Hall–Kier alpha value is -2.46. The van der Waals surface area contributed by atoms with Crippen LogP contribution in [-0.4, -0.2) is 4.98 Å². The first-order chi connectivity index (χ1) is 10.7. The average Bonchev–Trinajstić information content (AvgIpc) is 2.71. The minimum atomic E-state index is -0.882. The SMILES string of the molecule is [N-]=[N+]=N[C@@H]1c2cccnc2CCC[C@H]1c1cccc(F)c1F. The van der Waals surface area contributed by atoms with Crippen molar-refractivity contribution in [2.75, 3.05) is 0 Å². The maximum atomic E-state index is 14.2. The Bertz CT molecular complexity index is 741. The van der Waals surface area contributed by atoms with Crippen molar-refractivity contribution in [1.82, 2.24) is 4.98 Å². The summed E-state index contributed by atoms with van der Waals surface area (Å²) in [5, 5.41) is 3.86. The zero-order chi connectivity index (χ0) is 15.5. The summed E-state index contributed by atoms with van der Waals surface area (Å²) in [4.78, 5) is 7.24. The van der Waals surface area contributed by atoms with E-state index in [9.17, 15) is 8.78 Å². The number of hydrogen-bond acceptors (Lipinski definition) is 2. The van der Waals surface area contributed by atoms with Crippen LogP contribution >= 0.6 is 0 Å². The van der Waals surface area contributed by atoms with Crippen molar-refractivity contribution in [1.29, 1.82) is 0 Å². The molecular formula is C16H14F2N4. The summed E-state index contributed by atoms with van der Waals surface area (Å²) in [7, 11) is 0.